The van der Waals surface area contributed by atoms with Gasteiger partial charge in [0.15, 0.2) is 0 Å². The van der Waals surface area contributed by atoms with Crippen LogP contribution in [-0.4, -0.2) is 22.0 Å². The normalized spacial score (nSPS) is 10.9. The highest BCUT2D eigenvalue weighted by molar-refractivity contribution is 5.53. The van der Waals surface area contributed by atoms with Crippen molar-refractivity contribution in [3.8, 4) is 5.75 Å². The molecule has 19 heavy (non-hydrogen) atoms. The van der Waals surface area contributed by atoms with Gasteiger partial charge in [0.25, 0.3) is 0 Å². The number of nitrogen functional groups attached to an aromatic ring is 1. The first-order chi connectivity index (χ1) is 9.04. The number of hydrogen-bond acceptors (Lipinski definition) is 4. The van der Waals surface area contributed by atoms with Crippen molar-refractivity contribution in [2.45, 2.75) is 20.0 Å². The van der Waals surface area contributed by atoms with Crippen LogP contribution in [0.15, 0.2) is 36.4 Å². The van der Waals surface area contributed by atoms with E-state index in [0.29, 0.717) is 5.69 Å². The molecule has 0 aliphatic heterocycles. The van der Waals surface area contributed by atoms with Gasteiger partial charge in [-0.1, -0.05) is 12.1 Å². The third-order valence-corrected chi connectivity index (χ3v) is 2.92. The van der Waals surface area contributed by atoms with Gasteiger partial charge in [0.05, 0.1) is 11.4 Å². The van der Waals surface area contributed by atoms with E-state index in [1.54, 1.807) is 12.1 Å². The number of aryl methyl sites for hydroxylation is 1. The maximum Gasteiger partial charge on any atom is 0.138 e. The molecule has 2 rings (SSSR count). The second-order valence-electron chi connectivity index (χ2n) is 4.84. The molecule has 100 valence electrons. The van der Waals surface area contributed by atoms with Gasteiger partial charge in [-0.2, -0.15) is 0 Å². The Balaban J connectivity index is 2.01. The molecule has 0 bridgehead atoms. The number of pyridine rings is 1. The highest BCUT2D eigenvalue weighted by Gasteiger charge is 2.05. The fourth-order valence-electron chi connectivity index (χ4n) is 2.03. The molecule has 0 spiro atoms. The lowest BCUT2D eigenvalue weighted by molar-refractivity contribution is 0.315. The van der Waals surface area contributed by atoms with Crippen molar-refractivity contribution >= 4 is 5.69 Å². The summed E-state index contributed by atoms with van der Waals surface area (Å²) in [7, 11) is 2.03. The summed E-state index contributed by atoms with van der Waals surface area (Å²) < 4.78 is 0. The fourth-order valence-corrected chi connectivity index (χ4v) is 2.03. The summed E-state index contributed by atoms with van der Waals surface area (Å²) in [6.45, 7) is 3.53. The number of phenolic OH excluding ortho intramolecular Hbond substituents is 1. The molecule has 0 unspecified atom stereocenters. The number of hydrogen-bond donors (Lipinski definition) is 2. The van der Waals surface area contributed by atoms with Crippen LogP contribution in [0.4, 0.5) is 5.69 Å². The van der Waals surface area contributed by atoms with E-state index in [1.165, 1.54) is 0 Å². The lowest BCUT2D eigenvalue weighted by Crippen LogP contribution is -2.18. The molecule has 0 amide bonds. The number of nitrogens with two attached hydrogens (primary N) is 1. The van der Waals surface area contributed by atoms with E-state index in [4.69, 9.17) is 5.73 Å². The van der Waals surface area contributed by atoms with Gasteiger partial charge in [-0.05, 0) is 43.8 Å². The van der Waals surface area contributed by atoms with Gasteiger partial charge in [0, 0.05) is 18.8 Å². The van der Waals surface area contributed by atoms with Crippen molar-refractivity contribution in [2.24, 2.45) is 0 Å². The van der Waals surface area contributed by atoms with Gasteiger partial charge >= 0.3 is 0 Å². The van der Waals surface area contributed by atoms with E-state index < -0.39 is 0 Å². The number of benzene rings is 1. The first-order valence-corrected chi connectivity index (χ1v) is 6.23. The number of aromatic hydroxyl groups is 1. The first-order valence-electron chi connectivity index (χ1n) is 6.23. The lowest BCUT2D eigenvalue weighted by Gasteiger charge is -2.17. The molecule has 0 saturated carbocycles. The molecule has 0 radical (unpaired) electrons. The minimum atomic E-state index is 0.131. The third kappa shape index (κ3) is 3.69. The number of anilines is 1. The van der Waals surface area contributed by atoms with E-state index in [1.807, 2.05) is 38.2 Å². The van der Waals surface area contributed by atoms with Gasteiger partial charge in [-0.3, -0.25) is 9.88 Å². The van der Waals surface area contributed by atoms with Crippen molar-refractivity contribution in [3.05, 3.63) is 53.3 Å². The van der Waals surface area contributed by atoms with Crippen molar-refractivity contribution in [1.29, 1.82) is 0 Å². The Kier molecular flexibility index (Phi) is 4.02. The highest BCUT2D eigenvalue weighted by atomic mass is 16.3. The third-order valence-electron chi connectivity index (χ3n) is 2.92. The number of rotatable bonds is 4. The summed E-state index contributed by atoms with van der Waals surface area (Å²) in [5, 5.41) is 9.39. The molecule has 1 aromatic heterocycles. The van der Waals surface area contributed by atoms with E-state index >= 15 is 0 Å². The quantitative estimate of drug-likeness (QED) is 0.651. The molecule has 0 aliphatic rings. The Labute approximate surface area is 113 Å². The lowest BCUT2D eigenvalue weighted by atomic mass is 10.1. The topological polar surface area (TPSA) is 62.4 Å². The standard InChI is InChI=1S/C15H19N3O/c1-11-4-3-5-13(17-11)10-18(2)9-12-6-7-15(19)14(16)8-12/h3-8,19H,9-10,16H2,1-2H3. The molecular formula is C15H19N3O. The summed E-state index contributed by atoms with van der Waals surface area (Å²) in [5.41, 5.74) is 9.26. The molecule has 3 N–H and O–H groups in total. The van der Waals surface area contributed by atoms with Gasteiger partial charge < -0.3 is 10.8 Å². The van der Waals surface area contributed by atoms with Crippen LogP contribution in [0.2, 0.25) is 0 Å². The van der Waals surface area contributed by atoms with Crippen LogP contribution < -0.4 is 5.73 Å². The van der Waals surface area contributed by atoms with Crippen LogP contribution in [0.5, 0.6) is 5.75 Å². The molecule has 4 heteroatoms. The van der Waals surface area contributed by atoms with Gasteiger partial charge in [-0.15, -0.1) is 0 Å². The molecule has 0 atom stereocenters. The minimum Gasteiger partial charge on any atom is -0.506 e. The Morgan fingerprint density at radius 2 is 2.00 bits per heavy atom. The number of nitrogens with zero attached hydrogens (tertiary/aromatic N) is 2. The van der Waals surface area contributed by atoms with E-state index in [-0.39, 0.29) is 5.75 Å². The second kappa shape index (κ2) is 5.71. The van der Waals surface area contributed by atoms with Gasteiger partial charge in [-0.25, -0.2) is 0 Å². The predicted octanol–water partition coefficient (Wildman–Crippen LogP) is 2.31. The summed E-state index contributed by atoms with van der Waals surface area (Å²) in [6, 6.07) is 11.3. The summed E-state index contributed by atoms with van der Waals surface area (Å²) in [5.74, 6) is 0.131. The van der Waals surface area contributed by atoms with Crippen LogP contribution in [0.25, 0.3) is 0 Å². The van der Waals surface area contributed by atoms with E-state index in [9.17, 15) is 5.11 Å². The Hall–Kier alpha value is -2.07. The van der Waals surface area contributed by atoms with Gasteiger partial charge in [0.2, 0.25) is 0 Å². The zero-order chi connectivity index (χ0) is 13.8. The fraction of sp³-hybridized carbons (Fsp3) is 0.267. The summed E-state index contributed by atoms with van der Waals surface area (Å²) >= 11 is 0. The van der Waals surface area contributed by atoms with Crippen molar-refractivity contribution in [1.82, 2.24) is 9.88 Å². The average molecular weight is 257 g/mol. The first kappa shape index (κ1) is 13.4. The van der Waals surface area contributed by atoms with Crippen LogP contribution in [0.3, 0.4) is 0 Å². The average Bonchev–Trinajstić information content (AvgIpc) is 2.34. The maximum absolute atomic E-state index is 9.39. The Morgan fingerprint density at radius 3 is 2.68 bits per heavy atom. The molecule has 0 aliphatic carbocycles. The molecule has 2 aromatic rings. The second-order valence-corrected chi connectivity index (χ2v) is 4.84. The highest BCUT2D eigenvalue weighted by Crippen LogP contribution is 2.21. The van der Waals surface area contributed by atoms with Crippen molar-refractivity contribution in [3.63, 3.8) is 0 Å². The van der Waals surface area contributed by atoms with Crippen LogP contribution in [0, 0.1) is 6.92 Å². The predicted molar refractivity (Wildman–Crippen MR) is 76.7 cm³/mol. The maximum atomic E-state index is 9.39. The molecule has 1 aromatic carbocycles. The van der Waals surface area contributed by atoms with Crippen LogP contribution in [0.1, 0.15) is 17.0 Å². The monoisotopic (exact) mass is 257 g/mol. The van der Waals surface area contributed by atoms with Crippen LogP contribution in [-0.2, 0) is 13.1 Å². The Morgan fingerprint density at radius 1 is 1.21 bits per heavy atom. The van der Waals surface area contributed by atoms with Gasteiger partial charge in [0.1, 0.15) is 5.75 Å². The van der Waals surface area contributed by atoms with Crippen molar-refractivity contribution in [2.75, 3.05) is 12.8 Å². The van der Waals surface area contributed by atoms with Crippen LogP contribution >= 0.6 is 0 Å². The SMILES string of the molecule is Cc1cccc(CN(C)Cc2ccc(O)c(N)c2)n1. The molecule has 4 nitrogen and oxygen atoms in total. The minimum absolute atomic E-state index is 0.131. The molecule has 0 fully saturated rings. The van der Waals surface area contributed by atoms with E-state index in [2.05, 4.69) is 9.88 Å². The Bertz CT molecular complexity index is 569. The molecular weight excluding hydrogens is 238 g/mol. The number of aromatic nitrogens is 1. The summed E-state index contributed by atoms with van der Waals surface area (Å²) in [4.78, 5) is 6.64. The zero-order valence-corrected chi connectivity index (χ0v) is 11.3. The van der Waals surface area contributed by atoms with Crippen molar-refractivity contribution < 1.29 is 5.11 Å². The molecule has 1 heterocycles. The van der Waals surface area contributed by atoms with E-state index in [0.717, 1.165) is 30.0 Å². The summed E-state index contributed by atoms with van der Waals surface area (Å²) in [6.07, 6.45) is 0. The molecule has 0 saturated heterocycles. The number of phenols is 1. The largest absolute Gasteiger partial charge is 0.506 e. The smallest absolute Gasteiger partial charge is 0.138 e. The zero-order valence-electron chi connectivity index (χ0n) is 11.3.